The molecule has 2 rings (SSSR count). The minimum Gasteiger partial charge on any atom is -0.478 e. The van der Waals surface area contributed by atoms with Gasteiger partial charge in [-0.2, -0.15) is 0 Å². The minimum atomic E-state index is -4.91. The largest absolute Gasteiger partial charge is 0.478 e. The first-order valence-electron chi connectivity index (χ1n) is 10.5. The van der Waals surface area contributed by atoms with Gasteiger partial charge in [-0.15, -0.1) is 0 Å². The number of ether oxygens (including phenoxy) is 1. The topological polar surface area (TPSA) is 119 Å². The van der Waals surface area contributed by atoms with E-state index in [1.807, 2.05) is 0 Å². The fourth-order valence-electron chi connectivity index (χ4n) is 1.91. The molecule has 0 radical (unpaired) electrons. The van der Waals surface area contributed by atoms with Crippen molar-refractivity contribution in [2.45, 2.75) is 24.6 Å². The van der Waals surface area contributed by atoms with E-state index in [2.05, 4.69) is 5.11 Å². The van der Waals surface area contributed by atoms with Crippen molar-refractivity contribution in [1.29, 1.82) is 1.43 Å². The molecule has 0 saturated carbocycles. The lowest BCUT2D eigenvalue weighted by Gasteiger charge is -2.17. The van der Waals surface area contributed by atoms with Crippen molar-refractivity contribution in [1.82, 2.24) is 0 Å². The van der Waals surface area contributed by atoms with Crippen LogP contribution in [0.2, 0.25) is 4.24 Å². The highest BCUT2D eigenvalue weighted by Gasteiger charge is 2.23. The van der Waals surface area contributed by atoms with Crippen LogP contribution >= 0.6 is 0 Å². The quantitative estimate of drug-likeness (QED) is 0.623. The predicted octanol–water partition coefficient (Wildman–Crippen LogP) is 3.04. The second-order valence-electron chi connectivity index (χ2n) is 4.82. The summed E-state index contributed by atoms with van der Waals surface area (Å²) in [5.74, 6) is -1.83. The van der Waals surface area contributed by atoms with Crippen LogP contribution in [0, 0.1) is 0 Å². The van der Waals surface area contributed by atoms with E-state index in [1.165, 1.54) is 19.1 Å². The van der Waals surface area contributed by atoms with E-state index in [4.69, 9.17) is 14.5 Å². The number of hydrogen-bond acceptors (Lipinski definition) is 6. The average molecular weight is 371 g/mol. The van der Waals surface area contributed by atoms with Crippen LogP contribution in [0.15, 0.2) is 47.4 Å². The molecule has 8 heteroatoms. The number of sulfonamides is 1. The Labute approximate surface area is 156 Å². The maximum Gasteiger partial charge on any atom is 0.335 e. The summed E-state index contributed by atoms with van der Waals surface area (Å²) in [4.78, 5) is 11.1. The van der Waals surface area contributed by atoms with Crippen molar-refractivity contribution in [3.63, 3.8) is 0 Å². The number of primary sulfonamides is 1. The number of benzene rings is 2. The van der Waals surface area contributed by atoms with Crippen LogP contribution in [0.3, 0.4) is 0 Å². The van der Waals surface area contributed by atoms with E-state index >= 15 is 0 Å². The lowest BCUT2D eigenvalue weighted by atomic mass is 10.1. The molecule has 2 aromatic rings. The third-order valence-electron chi connectivity index (χ3n) is 3.01. The maximum absolute atomic E-state index is 12.7. The Bertz CT molecular complexity index is 1070. The molecule has 0 fully saturated rings. The Morgan fingerprint density at radius 1 is 1.44 bits per heavy atom. The first-order chi connectivity index (χ1) is 14.9. The Kier molecular flexibility index (Phi) is 3.56. The second-order valence-corrected chi connectivity index (χ2v) is 6.21. The summed E-state index contributed by atoms with van der Waals surface area (Å²) in [6, 6.07) is 9.31. The van der Waals surface area contributed by atoms with Gasteiger partial charge in [0.25, 0.3) is 1.43 Å². The Hall–Kier alpha value is -2.58. The van der Waals surface area contributed by atoms with Crippen LogP contribution in [-0.4, -0.2) is 26.0 Å². The number of para-hydroxylation sites is 1. The fraction of sp³-hybridized carbons (Fsp3) is 0.235. The summed E-state index contributed by atoms with van der Waals surface area (Å²) in [5.41, 5.74) is -1.06. The summed E-state index contributed by atoms with van der Waals surface area (Å²) in [5, 5.41) is 3.57. The number of carboxylic acid groups (broad SMARTS) is 1. The molecule has 134 valence electrons. The zero-order valence-corrected chi connectivity index (χ0v) is 14.0. The van der Waals surface area contributed by atoms with E-state index in [0.29, 0.717) is 11.4 Å². The Morgan fingerprint density at radius 3 is 2.84 bits per heavy atom. The number of carboxylic acids is 1. The van der Waals surface area contributed by atoms with Crippen molar-refractivity contribution in [2.75, 3.05) is 11.8 Å². The summed E-state index contributed by atoms with van der Waals surface area (Å²) < 4.78 is 84.6. The van der Waals surface area contributed by atoms with E-state index in [0.717, 1.165) is 6.07 Å². The molecular weight excluding hydrogens is 344 g/mol. The van der Waals surface area contributed by atoms with Crippen LogP contribution in [-0.2, 0) is 10.0 Å². The Morgan fingerprint density at radius 2 is 2.20 bits per heavy atom. The first-order valence-corrected chi connectivity index (χ1v) is 8.62. The summed E-state index contributed by atoms with van der Waals surface area (Å²) in [6.45, 7) is -0.426. The molecule has 0 spiro atoms. The molecule has 0 amide bonds. The van der Waals surface area contributed by atoms with Crippen molar-refractivity contribution in [3.8, 4) is 11.5 Å². The van der Waals surface area contributed by atoms with Crippen molar-refractivity contribution < 1.29 is 31.4 Å². The molecule has 0 aliphatic carbocycles. The van der Waals surface area contributed by atoms with Crippen LogP contribution in [0.25, 0.3) is 1.43 Å². The fourth-order valence-corrected chi connectivity index (χ4v) is 2.56. The minimum absolute atomic E-state index is 0.0935. The van der Waals surface area contributed by atoms with Gasteiger partial charge >= 0.3 is 5.97 Å². The van der Waals surface area contributed by atoms with E-state index < -0.39 is 55.9 Å². The molecule has 25 heavy (non-hydrogen) atoms. The number of aromatic carboxylic acids is 1. The lowest BCUT2D eigenvalue weighted by Crippen LogP contribution is -2.16. The molecule has 0 aliphatic heterocycles. The predicted molar refractivity (Wildman–Crippen MR) is 94.7 cm³/mol. The van der Waals surface area contributed by atoms with Crippen molar-refractivity contribution in [2.24, 2.45) is 5.13 Å². The van der Waals surface area contributed by atoms with Gasteiger partial charge in [0.2, 0.25) is 10.0 Å². The monoisotopic (exact) mass is 371 g/mol. The van der Waals surface area contributed by atoms with E-state index in [1.54, 1.807) is 18.2 Å². The standard InChI is InChI=1S/C17H20N2O5S/c1-2-3-9-19-14-10-12(17(20)21)11-15(25(18,22)23)16(14)24-13-7-5-4-6-8-13/h4-8,10-11,19H,2-3,9H2,1H3,(H,20,21)(H2,18,22,23)/i3D2,9D/hD4. The molecule has 7 nitrogen and oxygen atoms in total. The third kappa shape index (κ3) is 4.94. The van der Waals surface area contributed by atoms with Gasteiger partial charge in [-0.1, -0.05) is 31.5 Å². The van der Waals surface area contributed by atoms with Crippen molar-refractivity contribution in [3.05, 3.63) is 48.0 Å². The molecule has 0 aromatic heterocycles. The van der Waals surface area contributed by atoms with Crippen molar-refractivity contribution >= 4 is 21.7 Å². The molecule has 0 heterocycles. The highest BCUT2D eigenvalue weighted by Crippen LogP contribution is 2.37. The zero-order valence-electron chi connectivity index (χ0n) is 20.2. The van der Waals surface area contributed by atoms with Crippen LogP contribution in [0.1, 0.15) is 34.2 Å². The molecule has 1 atom stereocenters. The highest BCUT2D eigenvalue weighted by atomic mass is 32.2. The zero-order chi connectivity index (χ0) is 24.3. The normalized spacial score (nSPS) is 17.0. The number of carbonyl (C=O) groups is 1. The van der Waals surface area contributed by atoms with Crippen LogP contribution < -0.4 is 15.2 Å². The molecule has 2 aromatic carbocycles. The van der Waals surface area contributed by atoms with Gasteiger partial charge in [0, 0.05) is 10.6 Å². The van der Waals surface area contributed by atoms with Gasteiger partial charge in [-0.3, -0.25) is 0 Å². The molecule has 1 unspecified atom stereocenters. The number of nitrogens with one attached hydrogen (secondary N) is 1. The number of rotatable bonds is 9. The summed E-state index contributed by atoms with van der Waals surface area (Å²) in [7, 11) is -4.91. The van der Waals surface area contributed by atoms with Crippen LogP contribution in [0.4, 0.5) is 5.69 Å². The average Bonchev–Trinajstić information content (AvgIpc) is 2.77. The van der Waals surface area contributed by atoms with Gasteiger partial charge in [-0.25, -0.2) is 18.3 Å². The molecule has 0 bridgehead atoms. The molecule has 0 aliphatic rings. The highest BCUT2D eigenvalue weighted by molar-refractivity contribution is 7.89. The van der Waals surface area contributed by atoms with Gasteiger partial charge in [0.1, 0.15) is 13.5 Å². The third-order valence-corrected chi connectivity index (χ3v) is 3.87. The molecule has 4 N–H and O–H groups in total. The van der Waals surface area contributed by atoms with E-state index in [-0.39, 0.29) is 12.2 Å². The number of hydrogen-bond donors (Lipinski definition) is 3. The lowest BCUT2D eigenvalue weighted by molar-refractivity contribution is 0.0696. The molecular formula is C17H20N2O5S. The Balaban J connectivity index is 2.87. The van der Waals surface area contributed by atoms with Crippen LogP contribution in [0.5, 0.6) is 11.5 Å². The van der Waals surface area contributed by atoms with Gasteiger partial charge in [0.05, 0.1) is 11.3 Å². The maximum atomic E-state index is 12.7. The van der Waals surface area contributed by atoms with Gasteiger partial charge in [0.15, 0.2) is 7.16 Å². The van der Waals surface area contributed by atoms with Gasteiger partial charge in [-0.05, 0) is 30.6 Å². The van der Waals surface area contributed by atoms with E-state index in [9.17, 15) is 13.2 Å². The number of nitrogens with two attached hydrogens (primary N) is 1. The SMILES string of the molecule is [2H]OC(=O)c1cc(N([2H])C([2H])C([2H])([2H])CC)c(Oc2ccccc2)c(S(=O)(=O)N([2H])[2H])c1. The number of anilines is 1. The second kappa shape index (κ2) is 8.00. The first kappa shape index (κ1) is 11.1. The molecule has 0 saturated heterocycles. The summed E-state index contributed by atoms with van der Waals surface area (Å²) in [6.07, 6.45) is -2.37. The van der Waals surface area contributed by atoms with Gasteiger partial charge < -0.3 is 15.2 Å². The smallest absolute Gasteiger partial charge is 0.335 e. The summed E-state index contributed by atoms with van der Waals surface area (Å²) >= 11 is 0.